The second-order valence-electron chi connectivity index (χ2n) is 6.26. The van der Waals surface area contributed by atoms with E-state index in [9.17, 15) is 9.18 Å². The average Bonchev–Trinajstić information content (AvgIpc) is 2.50. The van der Waals surface area contributed by atoms with Crippen LogP contribution in [-0.4, -0.2) is 53.4 Å². The monoisotopic (exact) mass is 352 g/mol. The maximum absolute atomic E-state index is 13.2. The van der Waals surface area contributed by atoms with Gasteiger partial charge in [0.15, 0.2) is 5.96 Å². The van der Waals surface area contributed by atoms with E-state index >= 15 is 0 Å². The molecule has 2 rings (SSSR count). The molecule has 1 aromatic rings. The van der Waals surface area contributed by atoms with Crippen molar-refractivity contribution in [1.82, 2.24) is 10.2 Å². The Labute approximate surface area is 147 Å². The van der Waals surface area contributed by atoms with Crippen molar-refractivity contribution in [3.8, 4) is 0 Å². The van der Waals surface area contributed by atoms with E-state index in [1.807, 2.05) is 18.7 Å². The summed E-state index contributed by atoms with van der Waals surface area (Å²) in [7, 11) is 0. The van der Waals surface area contributed by atoms with Crippen LogP contribution in [0.15, 0.2) is 29.3 Å². The Morgan fingerprint density at radius 2 is 2.25 bits per heavy atom. The lowest BCUT2D eigenvalue weighted by atomic mass is 10.2. The summed E-state index contributed by atoms with van der Waals surface area (Å²) in [4.78, 5) is 18.7. The van der Waals surface area contributed by atoms with Gasteiger partial charge in [-0.15, -0.1) is 0 Å². The number of thioether (sulfide) groups is 1. The molecule has 1 amide bonds. The van der Waals surface area contributed by atoms with Crippen LogP contribution in [0.1, 0.15) is 20.8 Å². The van der Waals surface area contributed by atoms with Crippen molar-refractivity contribution in [2.45, 2.75) is 25.5 Å². The van der Waals surface area contributed by atoms with Crippen LogP contribution < -0.4 is 10.6 Å². The van der Waals surface area contributed by atoms with E-state index in [1.165, 1.54) is 12.1 Å². The number of guanidine groups is 1. The fraction of sp³-hybridized carbons (Fsp3) is 0.529. The molecule has 1 saturated heterocycles. The topological polar surface area (TPSA) is 56.7 Å². The number of nitrogens with one attached hydrogen (secondary N) is 2. The second-order valence-corrected chi connectivity index (χ2v) is 8.06. The molecule has 1 aliphatic rings. The number of benzene rings is 1. The molecule has 0 saturated carbocycles. The van der Waals surface area contributed by atoms with E-state index in [1.54, 1.807) is 12.1 Å². The van der Waals surface area contributed by atoms with Crippen LogP contribution in [0.2, 0.25) is 0 Å². The van der Waals surface area contributed by atoms with Crippen LogP contribution in [0.4, 0.5) is 10.1 Å². The number of anilines is 1. The molecular formula is C17H25FN4OS. The molecule has 0 atom stereocenters. The number of amides is 1. The van der Waals surface area contributed by atoms with Crippen molar-refractivity contribution in [2.24, 2.45) is 4.99 Å². The van der Waals surface area contributed by atoms with Crippen molar-refractivity contribution < 1.29 is 9.18 Å². The van der Waals surface area contributed by atoms with Gasteiger partial charge < -0.3 is 15.5 Å². The van der Waals surface area contributed by atoms with Gasteiger partial charge in [0.05, 0.1) is 0 Å². The Morgan fingerprint density at radius 1 is 1.46 bits per heavy atom. The number of carbonyl (C=O) groups is 1. The van der Waals surface area contributed by atoms with Gasteiger partial charge in [-0.05, 0) is 39.0 Å². The Kier molecular flexibility index (Phi) is 6.48. The molecule has 132 valence electrons. The number of hydrogen-bond donors (Lipinski definition) is 2. The molecule has 1 aromatic carbocycles. The summed E-state index contributed by atoms with van der Waals surface area (Å²) in [5.74, 6) is 1.15. The number of halogens is 1. The molecule has 0 unspecified atom stereocenters. The fourth-order valence-electron chi connectivity index (χ4n) is 2.54. The molecule has 2 N–H and O–H groups in total. The summed E-state index contributed by atoms with van der Waals surface area (Å²) in [5, 5.41) is 5.91. The first kappa shape index (κ1) is 18.6. The maximum atomic E-state index is 13.2. The van der Waals surface area contributed by atoms with E-state index in [-0.39, 0.29) is 23.0 Å². The minimum Gasteiger partial charge on any atom is -0.357 e. The molecule has 7 heteroatoms. The zero-order valence-corrected chi connectivity index (χ0v) is 15.3. The maximum Gasteiger partial charge on any atom is 0.246 e. The predicted molar refractivity (Wildman–Crippen MR) is 99.1 cm³/mol. The summed E-state index contributed by atoms with van der Waals surface area (Å²) < 4.78 is 13.3. The third-order valence-electron chi connectivity index (χ3n) is 3.54. The van der Waals surface area contributed by atoms with Crippen molar-refractivity contribution in [1.29, 1.82) is 0 Å². The first-order valence-corrected chi connectivity index (χ1v) is 9.11. The predicted octanol–water partition coefficient (Wildman–Crippen LogP) is 2.56. The minimum atomic E-state index is -0.377. The van der Waals surface area contributed by atoms with Crippen molar-refractivity contribution in [3.05, 3.63) is 30.1 Å². The van der Waals surface area contributed by atoms with Gasteiger partial charge in [-0.25, -0.2) is 9.38 Å². The van der Waals surface area contributed by atoms with Crippen LogP contribution in [0.3, 0.4) is 0 Å². The van der Waals surface area contributed by atoms with Gasteiger partial charge >= 0.3 is 0 Å². The Balaban J connectivity index is 1.98. The van der Waals surface area contributed by atoms with E-state index < -0.39 is 0 Å². The van der Waals surface area contributed by atoms with Gasteiger partial charge in [-0.3, -0.25) is 4.79 Å². The molecule has 0 radical (unpaired) electrons. The lowest BCUT2D eigenvalue weighted by molar-refractivity contribution is -0.114. The van der Waals surface area contributed by atoms with Crippen molar-refractivity contribution in [2.75, 3.05) is 37.2 Å². The van der Waals surface area contributed by atoms with Gasteiger partial charge in [0.25, 0.3) is 0 Å². The molecule has 0 spiro atoms. The summed E-state index contributed by atoms with van der Waals surface area (Å²) in [5.41, 5.74) is 0.440. The Bertz CT molecular complexity index is 606. The fourth-order valence-corrected chi connectivity index (χ4v) is 3.65. The average molecular weight is 352 g/mol. The van der Waals surface area contributed by atoms with Crippen molar-refractivity contribution >= 4 is 29.3 Å². The Hall–Kier alpha value is -1.76. The molecule has 24 heavy (non-hydrogen) atoms. The molecule has 1 aliphatic heterocycles. The lowest BCUT2D eigenvalue weighted by Gasteiger charge is -2.39. The van der Waals surface area contributed by atoms with Gasteiger partial charge in [-0.2, -0.15) is 11.8 Å². The normalized spacial score (nSPS) is 17.5. The first-order chi connectivity index (χ1) is 11.4. The zero-order chi connectivity index (χ0) is 17.6. The van der Waals surface area contributed by atoms with E-state index in [2.05, 4.69) is 34.4 Å². The van der Waals surface area contributed by atoms with Crippen molar-refractivity contribution in [3.63, 3.8) is 0 Å². The summed E-state index contributed by atoms with van der Waals surface area (Å²) in [6.45, 7) is 8.97. The van der Waals surface area contributed by atoms with Gasteiger partial charge in [0.2, 0.25) is 5.91 Å². The molecule has 1 heterocycles. The van der Waals surface area contributed by atoms with E-state index in [4.69, 9.17) is 0 Å². The zero-order valence-electron chi connectivity index (χ0n) is 14.4. The Morgan fingerprint density at radius 3 is 2.92 bits per heavy atom. The standard InChI is InChI=1S/C17H25FN4OS/c1-4-19-16(22-8-9-24-17(2,3)12-22)20-11-15(23)21-14-7-5-6-13(18)10-14/h5-7,10H,4,8-9,11-12H2,1-3H3,(H,19,20)(H,21,23). The van der Waals surface area contributed by atoms with Crippen LogP contribution in [0.25, 0.3) is 0 Å². The smallest absolute Gasteiger partial charge is 0.246 e. The largest absolute Gasteiger partial charge is 0.357 e. The molecule has 5 nitrogen and oxygen atoms in total. The molecular weight excluding hydrogens is 327 g/mol. The highest BCUT2D eigenvalue weighted by Crippen LogP contribution is 2.29. The second kappa shape index (κ2) is 8.37. The highest BCUT2D eigenvalue weighted by molar-refractivity contribution is 8.00. The molecule has 0 bridgehead atoms. The SMILES string of the molecule is CCNC(=NCC(=O)Nc1cccc(F)c1)N1CCSC(C)(C)C1. The van der Waals surface area contributed by atoms with Crippen LogP contribution in [-0.2, 0) is 4.79 Å². The third kappa shape index (κ3) is 5.70. The van der Waals surface area contributed by atoms with Crippen LogP contribution in [0.5, 0.6) is 0 Å². The van der Waals surface area contributed by atoms with E-state index in [0.717, 1.165) is 31.3 Å². The first-order valence-electron chi connectivity index (χ1n) is 8.12. The highest BCUT2D eigenvalue weighted by atomic mass is 32.2. The summed E-state index contributed by atoms with van der Waals surface area (Å²) >= 11 is 1.95. The highest BCUT2D eigenvalue weighted by Gasteiger charge is 2.28. The quantitative estimate of drug-likeness (QED) is 0.646. The van der Waals surface area contributed by atoms with E-state index in [0.29, 0.717) is 5.69 Å². The molecule has 0 aromatic heterocycles. The molecule has 0 aliphatic carbocycles. The number of hydrogen-bond acceptors (Lipinski definition) is 3. The van der Waals surface area contributed by atoms with Gasteiger partial charge in [-0.1, -0.05) is 6.07 Å². The lowest BCUT2D eigenvalue weighted by Crippen LogP contribution is -2.51. The van der Waals surface area contributed by atoms with Gasteiger partial charge in [0, 0.05) is 35.8 Å². The number of nitrogens with zero attached hydrogens (tertiary/aromatic N) is 2. The summed E-state index contributed by atoms with van der Waals surface area (Å²) in [6.07, 6.45) is 0. The number of aliphatic imine (C=N–C) groups is 1. The number of carbonyl (C=O) groups excluding carboxylic acids is 1. The van der Waals surface area contributed by atoms with Crippen LogP contribution >= 0.6 is 11.8 Å². The van der Waals surface area contributed by atoms with Gasteiger partial charge in [0.1, 0.15) is 12.4 Å². The third-order valence-corrected chi connectivity index (χ3v) is 4.84. The van der Waals surface area contributed by atoms with Crippen LogP contribution in [0, 0.1) is 5.82 Å². The minimum absolute atomic E-state index is 0.00289. The summed E-state index contributed by atoms with van der Waals surface area (Å²) in [6, 6.07) is 5.84. The molecule has 1 fully saturated rings. The number of rotatable bonds is 4.